The number of methoxy groups -OCH3 is 1. The van der Waals surface area contributed by atoms with E-state index in [2.05, 4.69) is 4.74 Å². The van der Waals surface area contributed by atoms with Crippen LogP contribution in [0.4, 0.5) is 22.0 Å². The van der Waals surface area contributed by atoms with E-state index in [1.807, 2.05) is 0 Å². The summed E-state index contributed by atoms with van der Waals surface area (Å²) in [6.45, 7) is -21.5. The first-order valence-corrected chi connectivity index (χ1v) is 16.4. The fraction of sp³-hybridized carbons (Fsp3) is 0.317. The third kappa shape index (κ3) is 9.17. The molecule has 6 nitrogen and oxygen atoms in total. The average Bonchev–Trinajstić information content (AvgIpc) is 3.28. The zero-order valence-electron chi connectivity index (χ0n) is 46.6. The molecule has 0 spiro atoms. The van der Waals surface area contributed by atoms with Crippen LogP contribution in [0, 0.1) is 18.6 Å². The molecule has 1 aliphatic rings. The molecule has 5 aromatic rings. The van der Waals surface area contributed by atoms with Gasteiger partial charge in [0.15, 0.2) is 17.1 Å². The second-order valence-electron chi connectivity index (χ2n) is 11.1. The molecule has 2 heterocycles. The lowest BCUT2D eigenvalue weighted by Crippen LogP contribution is -2.48. The lowest BCUT2D eigenvalue weighted by molar-refractivity contribution is -0.137. The molecule has 6 rings (SSSR count). The second-order valence-corrected chi connectivity index (χ2v) is 12.1. The van der Waals surface area contributed by atoms with E-state index in [0.29, 0.717) is 23.4 Å². The van der Waals surface area contributed by atoms with Gasteiger partial charge in [-0.05, 0) is 66.6 Å². The van der Waals surface area contributed by atoms with Crippen molar-refractivity contribution in [3.05, 3.63) is 135 Å². The molecular weight excluding hydrogens is 710 g/mol. The fourth-order valence-corrected chi connectivity index (χ4v) is 5.95. The van der Waals surface area contributed by atoms with Gasteiger partial charge >= 0.3 is 6.18 Å². The van der Waals surface area contributed by atoms with E-state index in [9.17, 15) is 32.0 Å². The highest BCUT2D eigenvalue weighted by atomic mass is 32.2. The fourth-order valence-electron chi connectivity index (χ4n) is 4.96. The highest BCUT2D eigenvalue weighted by Crippen LogP contribution is 2.32. The summed E-state index contributed by atoms with van der Waals surface area (Å²) in [4.78, 5) is 28.0. The number of likely N-dealkylation sites (tertiary alicyclic amines) is 1. The summed E-state index contributed by atoms with van der Waals surface area (Å²) >= 11 is 0.329. The maximum Gasteiger partial charge on any atom is 0.416 e. The minimum absolute atomic E-state index is 0.0813. The van der Waals surface area contributed by atoms with Crippen LogP contribution in [0.5, 0.6) is 0 Å². The largest absolute Gasteiger partial charge is 0.416 e. The number of hydrogen-bond acceptors (Lipinski definition) is 5. The van der Waals surface area contributed by atoms with Crippen LogP contribution in [-0.2, 0) is 34.5 Å². The van der Waals surface area contributed by atoms with Crippen LogP contribution in [0.3, 0.4) is 0 Å². The SMILES string of the molecule is [2H]c1c(C)c([2H])c2c(=O)c([2H])c(SCc3cccc(F)c3F)n(CC(=O)N(C([2H])([2H])c3ccc(-c4ccc(C(F)(F)F)cc4)cc3)C3([2H])C([2H])([2H])C([2H])([2H])N(C([2H])([2H])C([2H])([2H])OC)C([2H])([2H])C3([2H])[2H])c2c1[2H]. The first kappa shape index (κ1) is 20.8. The summed E-state index contributed by atoms with van der Waals surface area (Å²) in [7, 11) is 0.559. The van der Waals surface area contributed by atoms with Crippen molar-refractivity contribution in [1.29, 1.82) is 0 Å². The minimum Gasteiger partial charge on any atom is -0.383 e. The van der Waals surface area contributed by atoms with Crippen molar-refractivity contribution >= 4 is 28.6 Å². The van der Waals surface area contributed by atoms with E-state index < -0.39 is 159 Å². The summed E-state index contributed by atoms with van der Waals surface area (Å²) in [6.07, 6.45) is -14.0. The van der Waals surface area contributed by atoms with Gasteiger partial charge in [-0.15, -0.1) is 11.8 Å². The number of nitrogens with zero attached hydrogens (tertiary/aromatic N) is 3. The Labute approximate surface area is 335 Å². The minimum atomic E-state index is -4.73. The van der Waals surface area contributed by atoms with Gasteiger partial charge in [0.25, 0.3) is 0 Å². The van der Waals surface area contributed by atoms with E-state index in [1.165, 1.54) is 0 Å². The molecule has 53 heavy (non-hydrogen) atoms. The monoisotopic (exact) mass is 768 g/mol. The summed E-state index contributed by atoms with van der Waals surface area (Å²) in [5, 5.41) is -1.55. The van der Waals surface area contributed by atoms with E-state index in [1.54, 1.807) is 0 Å². The number of aromatic nitrogens is 1. The predicted octanol–water partition coefficient (Wildman–Crippen LogP) is 8.71. The molecule has 1 fully saturated rings. The number of rotatable bonds is 12. The molecule has 1 aromatic heterocycles. The number of amides is 1. The summed E-state index contributed by atoms with van der Waals surface area (Å²) in [5.41, 5.74) is -4.50. The van der Waals surface area contributed by atoms with Crippen LogP contribution in [0.1, 0.15) is 61.0 Å². The Balaban J connectivity index is 1.68. The van der Waals surface area contributed by atoms with Crippen molar-refractivity contribution in [2.45, 2.75) is 55.7 Å². The number of pyridine rings is 1. The summed E-state index contributed by atoms with van der Waals surface area (Å²) in [6, 6.07) is 2.13. The van der Waals surface area contributed by atoms with E-state index in [4.69, 9.17) is 16.4 Å². The quantitative estimate of drug-likeness (QED) is 0.0940. The molecule has 1 aliphatic heterocycles. The predicted molar refractivity (Wildman–Crippen MR) is 198 cm³/mol. The number of benzene rings is 4. The molecule has 1 saturated heterocycles. The molecule has 0 saturated carbocycles. The Morgan fingerprint density at radius 2 is 1.72 bits per heavy atom. The first-order valence-electron chi connectivity index (χ1n) is 24.9. The molecule has 0 unspecified atom stereocenters. The number of hydrogen-bond donors (Lipinski definition) is 0. The van der Waals surface area contributed by atoms with Gasteiger partial charge in [0, 0.05) is 75.6 Å². The lowest BCUT2D eigenvalue weighted by Gasteiger charge is -2.39. The number of carbonyl (C=O) groups excluding carboxylic acids is 1. The summed E-state index contributed by atoms with van der Waals surface area (Å²) in [5.74, 6) is -5.47. The third-order valence-corrected chi connectivity index (χ3v) is 8.60. The van der Waals surface area contributed by atoms with Crippen molar-refractivity contribution in [2.24, 2.45) is 0 Å². The van der Waals surface area contributed by atoms with Gasteiger partial charge in [0.1, 0.15) is 6.54 Å². The number of thioether (sulfide) groups is 1. The Hall–Kier alpha value is -4.52. The van der Waals surface area contributed by atoms with Crippen LogP contribution >= 0.6 is 11.8 Å². The molecular formula is C41H40F5N3O3S. The number of halogens is 5. The number of carbonyl (C=O) groups is 1. The second kappa shape index (κ2) is 16.7. The van der Waals surface area contributed by atoms with Crippen LogP contribution in [0.15, 0.2) is 101 Å². The molecule has 12 heteroatoms. The van der Waals surface area contributed by atoms with Gasteiger partial charge < -0.3 is 19.1 Å². The zero-order valence-corrected chi connectivity index (χ0v) is 28.4. The van der Waals surface area contributed by atoms with Gasteiger partial charge in [-0.2, -0.15) is 13.2 Å². The van der Waals surface area contributed by atoms with Crippen molar-refractivity contribution in [2.75, 3.05) is 33.2 Å². The van der Waals surface area contributed by atoms with Gasteiger partial charge in [-0.1, -0.05) is 60.1 Å². The molecule has 4 aromatic carbocycles. The van der Waals surface area contributed by atoms with Gasteiger partial charge in [-0.25, -0.2) is 8.78 Å². The van der Waals surface area contributed by atoms with Crippen molar-refractivity contribution in [1.82, 2.24) is 14.4 Å². The van der Waals surface area contributed by atoms with Crippen molar-refractivity contribution < 1.29 is 57.5 Å². The molecule has 0 atom stereocenters. The molecule has 0 N–H and O–H groups in total. The number of ether oxygens (including phenoxy) is 1. The maximum atomic E-state index is 15.5. The van der Waals surface area contributed by atoms with Gasteiger partial charge in [0.05, 0.1) is 35.0 Å². The van der Waals surface area contributed by atoms with Crippen LogP contribution in [-0.4, -0.2) is 59.5 Å². The normalized spacial score (nSPS) is 24.6. The Bertz CT molecular complexity index is 3010. The first-order chi connectivity index (χ1) is 32.7. The highest BCUT2D eigenvalue weighted by Gasteiger charge is 2.31. The summed E-state index contributed by atoms with van der Waals surface area (Å²) < 4.78 is 245. The van der Waals surface area contributed by atoms with Gasteiger partial charge in [-0.3, -0.25) is 9.59 Å². The van der Waals surface area contributed by atoms with Crippen molar-refractivity contribution in [3.8, 4) is 11.1 Å². The lowest BCUT2D eigenvalue weighted by atomic mass is 10.00. The van der Waals surface area contributed by atoms with Crippen molar-refractivity contribution in [3.63, 3.8) is 0 Å². The van der Waals surface area contributed by atoms with Crippen LogP contribution in [0.25, 0.3) is 22.0 Å². The molecule has 0 radical (unpaired) electrons. The van der Waals surface area contributed by atoms with E-state index >= 15 is 9.18 Å². The van der Waals surface area contributed by atoms with E-state index in [0.717, 1.165) is 73.7 Å². The highest BCUT2D eigenvalue weighted by molar-refractivity contribution is 7.98. The molecule has 0 bridgehead atoms. The Morgan fingerprint density at radius 3 is 2.38 bits per heavy atom. The molecule has 278 valence electrons. The van der Waals surface area contributed by atoms with Crippen LogP contribution in [0.2, 0.25) is 0 Å². The van der Waals surface area contributed by atoms with E-state index in [-0.39, 0.29) is 16.7 Å². The number of alkyl halides is 3. The Morgan fingerprint density at radius 1 is 1.04 bits per heavy atom. The standard InChI is InChI=1S/C41H40F5N3O3S/c1-27-6-15-36-34(22-27)37(50)23-39(53-26-31-4-3-5-35(42)40(31)43)49(36)25-38(51)48(33-16-18-47(19-17-33)20-21-52-2)24-28-7-9-29(10-8-28)30-11-13-32(14-12-30)41(44,45)46/h3-15,22-23,33H,16-21,24-26H2,1-2H3/i6D,15D,16D2,17D2,18D2,19D2,20D2,21D2,22D,23D,24D2,33D. The topological polar surface area (TPSA) is 54.8 Å². The third-order valence-electron chi connectivity index (χ3n) is 7.55. The number of fused-ring (bicyclic) bond motifs is 1. The number of piperidine rings is 1. The van der Waals surface area contributed by atoms with Crippen LogP contribution < -0.4 is 5.43 Å². The Kier molecular flexibility index (Phi) is 6.54. The zero-order chi connectivity index (χ0) is 54.7. The molecule has 1 amide bonds. The smallest absolute Gasteiger partial charge is 0.383 e. The van der Waals surface area contributed by atoms with Gasteiger partial charge in [0.2, 0.25) is 5.91 Å². The maximum absolute atomic E-state index is 15.5. The molecule has 0 aliphatic carbocycles. The average molecular weight is 769 g/mol.